The highest BCUT2D eigenvalue weighted by atomic mass is 19.1. The van der Waals surface area contributed by atoms with E-state index in [1.54, 1.807) is 6.07 Å². The van der Waals surface area contributed by atoms with Crippen molar-refractivity contribution in [2.45, 2.75) is 6.42 Å². The fourth-order valence-electron chi connectivity index (χ4n) is 1.24. The summed E-state index contributed by atoms with van der Waals surface area (Å²) in [5.74, 6) is 0.455. The third kappa shape index (κ3) is 0.981. The SMILES string of the molecule is NC1=[NH+]c2cc(F)ccc2C1. The Labute approximate surface area is 63.6 Å². The maximum absolute atomic E-state index is 12.6. The summed E-state index contributed by atoms with van der Waals surface area (Å²) in [5.41, 5.74) is 7.37. The molecule has 0 bridgehead atoms. The van der Waals surface area contributed by atoms with Gasteiger partial charge in [-0.15, -0.1) is 0 Å². The Hall–Kier alpha value is -1.38. The largest absolute Gasteiger partial charge is 0.291 e. The normalized spacial score (nSPS) is 14.5. The van der Waals surface area contributed by atoms with Gasteiger partial charge in [0.05, 0.1) is 6.42 Å². The molecule has 1 aromatic rings. The molecule has 0 saturated carbocycles. The second-order valence-electron chi connectivity index (χ2n) is 2.63. The Kier molecular flexibility index (Phi) is 1.18. The molecule has 2 nitrogen and oxygen atoms in total. The summed E-state index contributed by atoms with van der Waals surface area (Å²) in [6, 6.07) is 4.64. The van der Waals surface area contributed by atoms with Gasteiger partial charge in [0.15, 0.2) is 0 Å². The lowest BCUT2D eigenvalue weighted by molar-refractivity contribution is -0.351. The maximum atomic E-state index is 12.6. The van der Waals surface area contributed by atoms with E-state index in [1.165, 1.54) is 12.1 Å². The highest BCUT2D eigenvalue weighted by Crippen LogP contribution is 2.14. The van der Waals surface area contributed by atoms with Crippen molar-refractivity contribution in [2.75, 3.05) is 0 Å². The van der Waals surface area contributed by atoms with Crippen molar-refractivity contribution in [1.82, 2.24) is 0 Å². The van der Waals surface area contributed by atoms with Crippen LogP contribution in [0.4, 0.5) is 10.1 Å². The van der Waals surface area contributed by atoms with E-state index in [-0.39, 0.29) is 5.82 Å². The first-order chi connectivity index (χ1) is 5.25. The van der Waals surface area contributed by atoms with E-state index in [0.717, 1.165) is 11.3 Å². The van der Waals surface area contributed by atoms with Gasteiger partial charge >= 0.3 is 0 Å². The number of hydrogen-bond donors (Lipinski definition) is 2. The number of benzene rings is 1. The monoisotopic (exact) mass is 151 g/mol. The standard InChI is InChI=1S/C8H7FN2/c9-6-2-1-5-3-8(10)11-7(5)4-6/h1-2,4H,3H2,(H2,10,11)/p+1. The molecule has 3 N–H and O–H groups in total. The Morgan fingerprint density at radius 1 is 1.45 bits per heavy atom. The van der Waals surface area contributed by atoms with Gasteiger partial charge in [0.25, 0.3) is 0 Å². The van der Waals surface area contributed by atoms with E-state index in [1.807, 2.05) is 0 Å². The quantitative estimate of drug-likeness (QED) is 0.513. The third-order valence-electron chi connectivity index (χ3n) is 1.75. The summed E-state index contributed by atoms with van der Waals surface area (Å²) in [6.07, 6.45) is 0.704. The van der Waals surface area contributed by atoms with E-state index in [2.05, 4.69) is 4.99 Å². The average Bonchev–Trinajstić information content (AvgIpc) is 2.27. The summed E-state index contributed by atoms with van der Waals surface area (Å²) >= 11 is 0. The molecule has 0 aliphatic carbocycles. The lowest BCUT2D eigenvalue weighted by Crippen LogP contribution is -2.66. The van der Waals surface area contributed by atoms with Crippen LogP contribution >= 0.6 is 0 Å². The van der Waals surface area contributed by atoms with Crippen LogP contribution < -0.4 is 10.7 Å². The van der Waals surface area contributed by atoms with Gasteiger partial charge in [0.1, 0.15) is 11.5 Å². The molecule has 0 aromatic heterocycles. The van der Waals surface area contributed by atoms with Crippen LogP contribution in [-0.4, -0.2) is 5.84 Å². The second-order valence-corrected chi connectivity index (χ2v) is 2.63. The van der Waals surface area contributed by atoms with Gasteiger partial charge in [-0.25, -0.2) is 9.38 Å². The molecule has 0 saturated heterocycles. The Morgan fingerprint density at radius 2 is 2.27 bits per heavy atom. The van der Waals surface area contributed by atoms with Gasteiger partial charge < -0.3 is 0 Å². The number of fused-ring (bicyclic) bond motifs is 1. The molecule has 56 valence electrons. The zero-order valence-electron chi connectivity index (χ0n) is 5.89. The first kappa shape index (κ1) is 6.34. The molecule has 1 aliphatic heterocycles. The summed E-state index contributed by atoms with van der Waals surface area (Å²) in [6.45, 7) is 0. The van der Waals surface area contributed by atoms with Crippen LogP contribution in [0.5, 0.6) is 0 Å². The first-order valence-electron chi connectivity index (χ1n) is 3.42. The minimum atomic E-state index is -0.231. The van der Waals surface area contributed by atoms with Crippen LogP contribution in [0.1, 0.15) is 5.56 Å². The number of rotatable bonds is 0. The minimum absolute atomic E-state index is 0.231. The topological polar surface area (TPSA) is 40.0 Å². The molecule has 3 heteroatoms. The van der Waals surface area contributed by atoms with E-state index in [9.17, 15) is 4.39 Å². The third-order valence-corrected chi connectivity index (χ3v) is 1.75. The van der Waals surface area contributed by atoms with E-state index in [0.29, 0.717) is 12.3 Å². The van der Waals surface area contributed by atoms with Crippen molar-refractivity contribution in [1.29, 1.82) is 0 Å². The summed E-state index contributed by atoms with van der Waals surface area (Å²) in [4.78, 5) is 2.89. The van der Waals surface area contributed by atoms with Crippen LogP contribution in [0.25, 0.3) is 0 Å². The van der Waals surface area contributed by atoms with Crippen molar-refractivity contribution in [3.63, 3.8) is 0 Å². The maximum Gasteiger partial charge on any atom is 0.250 e. The van der Waals surface area contributed by atoms with Crippen LogP contribution in [0.3, 0.4) is 0 Å². The van der Waals surface area contributed by atoms with E-state index >= 15 is 0 Å². The van der Waals surface area contributed by atoms with Crippen LogP contribution in [-0.2, 0) is 6.42 Å². The predicted octanol–water partition coefficient (Wildman–Crippen LogP) is -0.549. The van der Waals surface area contributed by atoms with Crippen molar-refractivity contribution in [2.24, 2.45) is 5.73 Å². The summed E-state index contributed by atoms with van der Waals surface area (Å²) < 4.78 is 12.6. The molecule has 2 rings (SSSR count). The second kappa shape index (κ2) is 2.05. The smallest absolute Gasteiger partial charge is 0.250 e. The molecule has 1 heterocycles. The lowest BCUT2D eigenvalue weighted by Gasteiger charge is -1.91. The van der Waals surface area contributed by atoms with Gasteiger partial charge in [-0.3, -0.25) is 5.73 Å². The summed E-state index contributed by atoms with van der Waals surface area (Å²) in [5, 5.41) is 0. The fourth-order valence-corrected chi connectivity index (χ4v) is 1.24. The van der Waals surface area contributed by atoms with E-state index in [4.69, 9.17) is 5.73 Å². The number of nitrogens with one attached hydrogen (secondary N) is 1. The van der Waals surface area contributed by atoms with Crippen molar-refractivity contribution in [3.8, 4) is 0 Å². The van der Waals surface area contributed by atoms with Crippen molar-refractivity contribution in [3.05, 3.63) is 29.6 Å². The Bertz CT molecular complexity index is 331. The molecular weight excluding hydrogens is 143 g/mol. The minimum Gasteiger partial charge on any atom is -0.291 e. The van der Waals surface area contributed by atoms with E-state index < -0.39 is 0 Å². The lowest BCUT2D eigenvalue weighted by atomic mass is 10.1. The van der Waals surface area contributed by atoms with Gasteiger partial charge in [-0.1, -0.05) is 6.07 Å². The zero-order chi connectivity index (χ0) is 7.84. The molecule has 0 unspecified atom stereocenters. The van der Waals surface area contributed by atoms with Gasteiger partial charge in [-0.2, -0.15) is 0 Å². The van der Waals surface area contributed by atoms with Gasteiger partial charge in [-0.05, 0) is 6.07 Å². The van der Waals surface area contributed by atoms with Crippen molar-refractivity contribution < 1.29 is 9.38 Å². The molecule has 0 spiro atoms. The average molecular weight is 151 g/mol. The van der Waals surface area contributed by atoms with Crippen LogP contribution in [0.2, 0.25) is 0 Å². The van der Waals surface area contributed by atoms with Crippen molar-refractivity contribution >= 4 is 11.5 Å². The van der Waals surface area contributed by atoms with Crippen LogP contribution in [0.15, 0.2) is 18.2 Å². The molecule has 0 amide bonds. The first-order valence-corrected chi connectivity index (χ1v) is 3.42. The highest BCUT2D eigenvalue weighted by Gasteiger charge is 2.16. The molecule has 0 atom stereocenters. The molecular formula is C8H8FN2+. The van der Waals surface area contributed by atoms with Gasteiger partial charge in [0, 0.05) is 11.6 Å². The van der Waals surface area contributed by atoms with Crippen LogP contribution in [0, 0.1) is 5.82 Å². The molecule has 11 heavy (non-hydrogen) atoms. The predicted molar refractivity (Wildman–Crippen MR) is 39.9 cm³/mol. The number of hydrogen-bond acceptors (Lipinski definition) is 1. The Balaban J connectivity index is 2.54. The zero-order valence-corrected chi connectivity index (χ0v) is 5.89. The number of nitrogens with two attached hydrogens (primary N) is 1. The van der Waals surface area contributed by atoms with Gasteiger partial charge in [0.2, 0.25) is 5.84 Å². The number of amidine groups is 1. The molecule has 1 aromatic carbocycles. The molecule has 0 fully saturated rings. The molecule has 1 aliphatic rings. The summed E-state index contributed by atoms with van der Waals surface area (Å²) in [7, 11) is 0. The highest BCUT2D eigenvalue weighted by molar-refractivity contribution is 5.82. The molecule has 0 radical (unpaired) electrons. The Morgan fingerprint density at radius 3 is 3.09 bits per heavy atom. The fraction of sp³-hybridized carbons (Fsp3) is 0.125. The number of halogens is 1.